The van der Waals surface area contributed by atoms with Crippen LogP contribution in [-0.4, -0.2) is 24.2 Å². The maximum atomic E-state index is 12.2. The predicted octanol–water partition coefficient (Wildman–Crippen LogP) is 3.74. The highest BCUT2D eigenvalue weighted by Crippen LogP contribution is 2.22. The maximum absolute atomic E-state index is 12.2. The molecule has 0 unspecified atom stereocenters. The number of halogens is 1. The second-order valence-electron chi connectivity index (χ2n) is 6.03. The molecule has 4 heteroatoms. The van der Waals surface area contributed by atoms with Crippen molar-refractivity contribution in [1.29, 1.82) is 0 Å². The molecule has 112 valence electrons. The molecule has 0 heterocycles. The molecular weight excluding hydrogens is 330 g/mol. The van der Waals surface area contributed by atoms with Crippen molar-refractivity contribution >= 4 is 32.6 Å². The molecule has 0 aliphatic carbocycles. The molecule has 0 radical (unpaired) electrons. The maximum Gasteiger partial charge on any atom is 0.251 e. The van der Waals surface area contributed by atoms with Gasteiger partial charge in [-0.15, -0.1) is 0 Å². The molecule has 2 rings (SSSR count). The number of carbonyl (C=O) groups is 1. The van der Waals surface area contributed by atoms with Crippen molar-refractivity contribution in [3.8, 4) is 0 Å². The zero-order valence-corrected chi connectivity index (χ0v) is 13.9. The summed E-state index contributed by atoms with van der Waals surface area (Å²) in [6, 6.07) is 11.7. The van der Waals surface area contributed by atoms with Crippen molar-refractivity contribution in [3.63, 3.8) is 0 Å². The first-order valence-corrected chi connectivity index (χ1v) is 7.79. The molecule has 1 amide bonds. The molecule has 0 bridgehead atoms. The van der Waals surface area contributed by atoms with Crippen LogP contribution in [0.25, 0.3) is 10.8 Å². The predicted molar refractivity (Wildman–Crippen MR) is 89.5 cm³/mol. The van der Waals surface area contributed by atoms with Crippen molar-refractivity contribution in [3.05, 3.63) is 46.4 Å². The number of fused-ring (bicyclic) bond motifs is 1. The molecule has 0 saturated carbocycles. The minimum Gasteiger partial charge on any atom is -0.396 e. The number of benzene rings is 2. The molecule has 2 aromatic rings. The fourth-order valence-corrected chi connectivity index (χ4v) is 2.55. The first kappa shape index (κ1) is 16.0. The highest BCUT2D eigenvalue weighted by atomic mass is 79.9. The van der Waals surface area contributed by atoms with E-state index >= 15 is 0 Å². The van der Waals surface area contributed by atoms with Crippen LogP contribution in [0.5, 0.6) is 0 Å². The Morgan fingerprint density at radius 3 is 2.57 bits per heavy atom. The Labute approximate surface area is 133 Å². The second-order valence-corrected chi connectivity index (χ2v) is 6.94. The monoisotopic (exact) mass is 349 g/mol. The van der Waals surface area contributed by atoms with E-state index in [9.17, 15) is 4.79 Å². The molecule has 2 N–H and O–H groups in total. The number of carbonyl (C=O) groups excluding carboxylic acids is 1. The van der Waals surface area contributed by atoms with Gasteiger partial charge in [0.2, 0.25) is 0 Å². The lowest BCUT2D eigenvalue weighted by molar-refractivity contribution is 0.0928. The third-order valence-electron chi connectivity index (χ3n) is 3.58. The lowest BCUT2D eigenvalue weighted by atomic mass is 9.89. The number of rotatable bonds is 5. The number of aliphatic hydroxyl groups excluding tert-OH is 1. The van der Waals surface area contributed by atoms with Crippen molar-refractivity contribution < 1.29 is 9.90 Å². The summed E-state index contributed by atoms with van der Waals surface area (Å²) in [5.41, 5.74) is 0.552. The van der Waals surface area contributed by atoms with Crippen LogP contribution in [0, 0.1) is 5.41 Å². The van der Waals surface area contributed by atoms with Gasteiger partial charge in [-0.25, -0.2) is 0 Å². The van der Waals surface area contributed by atoms with Gasteiger partial charge in [0.15, 0.2) is 0 Å². The van der Waals surface area contributed by atoms with Crippen molar-refractivity contribution in [2.45, 2.75) is 20.3 Å². The third kappa shape index (κ3) is 4.29. The second kappa shape index (κ2) is 6.58. The van der Waals surface area contributed by atoms with Crippen LogP contribution in [0.15, 0.2) is 40.9 Å². The quantitative estimate of drug-likeness (QED) is 0.863. The van der Waals surface area contributed by atoms with Crippen molar-refractivity contribution in [1.82, 2.24) is 5.32 Å². The Morgan fingerprint density at radius 2 is 1.86 bits per heavy atom. The summed E-state index contributed by atoms with van der Waals surface area (Å²) in [5, 5.41) is 14.1. The zero-order chi connectivity index (χ0) is 15.5. The van der Waals surface area contributed by atoms with E-state index in [0.717, 1.165) is 15.2 Å². The van der Waals surface area contributed by atoms with E-state index < -0.39 is 0 Å². The molecule has 0 atom stereocenters. The van der Waals surface area contributed by atoms with Gasteiger partial charge in [-0.3, -0.25) is 4.79 Å². The molecule has 3 nitrogen and oxygen atoms in total. The van der Waals surface area contributed by atoms with Crippen LogP contribution in [0.2, 0.25) is 0 Å². The molecular formula is C17H20BrNO2. The van der Waals surface area contributed by atoms with Crippen molar-refractivity contribution in [2.75, 3.05) is 13.2 Å². The first-order valence-electron chi connectivity index (χ1n) is 7.00. The summed E-state index contributed by atoms with van der Waals surface area (Å²) in [4.78, 5) is 12.2. The van der Waals surface area contributed by atoms with Gasteiger partial charge in [0, 0.05) is 23.2 Å². The Morgan fingerprint density at radius 1 is 1.19 bits per heavy atom. The summed E-state index contributed by atoms with van der Waals surface area (Å²) in [6.07, 6.45) is 0.666. The number of hydrogen-bond acceptors (Lipinski definition) is 2. The lowest BCUT2D eigenvalue weighted by Gasteiger charge is -2.23. The van der Waals surface area contributed by atoms with Crippen LogP contribution >= 0.6 is 15.9 Å². The Bertz CT molecular complexity index is 652. The summed E-state index contributed by atoms with van der Waals surface area (Å²) in [6.45, 7) is 4.74. The van der Waals surface area contributed by atoms with Gasteiger partial charge in [-0.2, -0.15) is 0 Å². The minimum absolute atomic E-state index is 0.0779. The van der Waals surface area contributed by atoms with Crippen LogP contribution < -0.4 is 5.32 Å². The van der Waals surface area contributed by atoms with Gasteiger partial charge in [-0.05, 0) is 46.9 Å². The number of nitrogens with one attached hydrogen (secondary N) is 1. The van der Waals surface area contributed by atoms with Gasteiger partial charge in [0.05, 0.1) is 0 Å². The summed E-state index contributed by atoms with van der Waals surface area (Å²) in [5.74, 6) is -0.0779. The van der Waals surface area contributed by atoms with E-state index in [-0.39, 0.29) is 17.9 Å². The van der Waals surface area contributed by atoms with Gasteiger partial charge < -0.3 is 10.4 Å². The summed E-state index contributed by atoms with van der Waals surface area (Å²) >= 11 is 3.44. The van der Waals surface area contributed by atoms with Crippen LogP contribution in [0.1, 0.15) is 30.6 Å². The van der Waals surface area contributed by atoms with Gasteiger partial charge in [-0.1, -0.05) is 41.9 Å². The van der Waals surface area contributed by atoms with E-state index in [1.807, 2.05) is 50.2 Å². The van der Waals surface area contributed by atoms with Crippen LogP contribution in [-0.2, 0) is 0 Å². The normalized spacial score (nSPS) is 11.6. The smallest absolute Gasteiger partial charge is 0.251 e. The fraction of sp³-hybridized carbons (Fsp3) is 0.353. The molecule has 2 aromatic carbocycles. The van der Waals surface area contributed by atoms with Crippen LogP contribution in [0.3, 0.4) is 0 Å². The number of aliphatic hydroxyl groups is 1. The van der Waals surface area contributed by atoms with E-state index in [4.69, 9.17) is 5.11 Å². The van der Waals surface area contributed by atoms with Gasteiger partial charge in [0.1, 0.15) is 0 Å². The average molecular weight is 350 g/mol. The fourth-order valence-electron chi connectivity index (χ4n) is 2.17. The topological polar surface area (TPSA) is 49.3 Å². The summed E-state index contributed by atoms with van der Waals surface area (Å²) in [7, 11) is 0. The third-order valence-corrected chi connectivity index (χ3v) is 4.07. The molecule has 0 aliphatic heterocycles. The average Bonchev–Trinajstić information content (AvgIpc) is 2.44. The first-order chi connectivity index (χ1) is 9.91. The molecule has 0 spiro atoms. The standard InChI is InChI=1S/C17H20BrNO2/c1-17(2,7-8-20)11-19-16(21)14-4-3-13-10-15(18)6-5-12(13)9-14/h3-6,9-10,20H,7-8,11H2,1-2H3,(H,19,21). The zero-order valence-electron chi connectivity index (χ0n) is 12.3. The van der Waals surface area contributed by atoms with E-state index in [0.29, 0.717) is 18.5 Å². The SMILES string of the molecule is CC(C)(CCO)CNC(=O)c1ccc2cc(Br)ccc2c1. The van der Waals surface area contributed by atoms with E-state index in [2.05, 4.69) is 21.2 Å². The number of hydrogen-bond donors (Lipinski definition) is 2. The van der Waals surface area contributed by atoms with Gasteiger partial charge in [0.25, 0.3) is 5.91 Å². The highest BCUT2D eigenvalue weighted by molar-refractivity contribution is 9.10. The Balaban J connectivity index is 2.11. The highest BCUT2D eigenvalue weighted by Gasteiger charge is 2.18. The number of amides is 1. The van der Waals surface area contributed by atoms with E-state index in [1.54, 1.807) is 0 Å². The molecule has 0 fully saturated rings. The van der Waals surface area contributed by atoms with Gasteiger partial charge >= 0.3 is 0 Å². The molecule has 21 heavy (non-hydrogen) atoms. The molecule has 0 saturated heterocycles. The van der Waals surface area contributed by atoms with Crippen molar-refractivity contribution in [2.24, 2.45) is 5.41 Å². The van der Waals surface area contributed by atoms with Crippen LogP contribution in [0.4, 0.5) is 0 Å². The Kier molecular flexibility index (Phi) is 5.01. The minimum atomic E-state index is -0.105. The molecule has 0 aliphatic rings. The van der Waals surface area contributed by atoms with E-state index in [1.165, 1.54) is 0 Å². The Hall–Kier alpha value is -1.39. The lowest BCUT2D eigenvalue weighted by Crippen LogP contribution is -2.34. The summed E-state index contributed by atoms with van der Waals surface area (Å²) < 4.78 is 1.03. The largest absolute Gasteiger partial charge is 0.396 e. The molecule has 0 aromatic heterocycles.